The standard InChI is InChI=1S/3C2H5.BrH.Hf/c3*1-2;;/h3*1H2,2H3;1H;/q3*-1;;. The van der Waals surface area contributed by atoms with Crippen molar-refractivity contribution in [1.29, 1.82) is 0 Å². The Labute approximate surface area is 84.0 Å². The van der Waals surface area contributed by atoms with Crippen LogP contribution in [-0.4, -0.2) is 0 Å². The van der Waals surface area contributed by atoms with Gasteiger partial charge < -0.3 is 20.8 Å². The summed E-state index contributed by atoms with van der Waals surface area (Å²) < 4.78 is 0. The maximum atomic E-state index is 3.25. The maximum absolute atomic E-state index is 3.25. The van der Waals surface area contributed by atoms with E-state index >= 15 is 0 Å². The van der Waals surface area contributed by atoms with Crippen LogP contribution in [0.3, 0.4) is 0 Å². The molecule has 0 aliphatic heterocycles. The molecule has 8 heavy (non-hydrogen) atoms. The molecule has 0 saturated heterocycles. The fourth-order valence-corrected chi connectivity index (χ4v) is 0. The summed E-state index contributed by atoms with van der Waals surface area (Å²) in [7, 11) is 0. The first-order valence-electron chi connectivity index (χ1n) is 2.12. The summed E-state index contributed by atoms with van der Waals surface area (Å²) >= 11 is 0. The molecule has 0 fully saturated rings. The normalized spacial score (nSPS) is 2.25. The van der Waals surface area contributed by atoms with Crippen molar-refractivity contribution in [2.45, 2.75) is 20.8 Å². The minimum Gasteiger partial charge on any atom is -0.346 e. The van der Waals surface area contributed by atoms with Gasteiger partial charge >= 0.3 is 0 Å². The third-order valence-corrected chi connectivity index (χ3v) is 0. The smallest absolute Gasteiger partial charge is 0 e. The van der Waals surface area contributed by atoms with Gasteiger partial charge in [-0.05, 0) is 0 Å². The van der Waals surface area contributed by atoms with Crippen LogP contribution >= 0.6 is 17.0 Å². The van der Waals surface area contributed by atoms with Gasteiger partial charge in [-0.15, -0.1) is 17.0 Å². The van der Waals surface area contributed by atoms with Crippen LogP contribution in [0.25, 0.3) is 0 Å². The Balaban J connectivity index is -0.00000000500. The van der Waals surface area contributed by atoms with E-state index in [1.807, 2.05) is 0 Å². The summed E-state index contributed by atoms with van der Waals surface area (Å²) in [5.74, 6) is 0. The molecular formula is C6H16BrHf-3. The summed E-state index contributed by atoms with van der Waals surface area (Å²) in [6.45, 7) is 15.0. The first kappa shape index (κ1) is 34.5. The van der Waals surface area contributed by atoms with Gasteiger partial charge in [0.15, 0.2) is 0 Å². The van der Waals surface area contributed by atoms with Gasteiger partial charge in [0.05, 0.1) is 0 Å². The fourth-order valence-electron chi connectivity index (χ4n) is 0. The summed E-state index contributed by atoms with van der Waals surface area (Å²) in [4.78, 5) is 0. The Hall–Kier alpha value is 1.35. The molecule has 0 nitrogen and oxygen atoms in total. The summed E-state index contributed by atoms with van der Waals surface area (Å²) in [6.07, 6.45) is 0. The molecule has 0 aliphatic carbocycles. The van der Waals surface area contributed by atoms with Gasteiger partial charge in [-0.25, -0.2) is 0 Å². The number of rotatable bonds is 0. The van der Waals surface area contributed by atoms with E-state index in [2.05, 4.69) is 20.8 Å². The van der Waals surface area contributed by atoms with Crippen molar-refractivity contribution in [2.75, 3.05) is 0 Å². The van der Waals surface area contributed by atoms with E-state index in [4.69, 9.17) is 0 Å². The Morgan fingerprint density at radius 2 is 0.625 bits per heavy atom. The van der Waals surface area contributed by atoms with Gasteiger partial charge in [0.1, 0.15) is 0 Å². The van der Waals surface area contributed by atoms with Gasteiger partial charge in [0.25, 0.3) is 0 Å². The molecule has 0 aromatic heterocycles. The first-order valence-corrected chi connectivity index (χ1v) is 2.12. The van der Waals surface area contributed by atoms with Crippen LogP contribution in [0, 0.1) is 20.8 Å². The largest absolute Gasteiger partial charge is 0.346 e. The van der Waals surface area contributed by atoms with E-state index in [-0.39, 0.29) is 42.8 Å². The molecule has 0 radical (unpaired) electrons. The molecule has 0 bridgehead atoms. The average Bonchev–Trinajstić information content (AvgIpc) is 1.81. The Bertz CT molecular complexity index is 8.49. The minimum absolute atomic E-state index is 0. The van der Waals surface area contributed by atoms with Crippen molar-refractivity contribution >= 4 is 17.0 Å². The van der Waals surface area contributed by atoms with Crippen molar-refractivity contribution in [1.82, 2.24) is 0 Å². The third-order valence-electron chi connectivity index (χ3n) is 0. The molecule has 0 unspecified atom stereocenters. The molecule has 0 rings (SSSR count). The Kier molecular flexibility index (Phi) is 1070. The first-order chi connectivity index (χ1) is 3.00. The quantitative estimate of drug-likeness (QED) is 0.467. The molecule has 54 valence electrons. The van der Waals surface area contributed by atoms with Crippen LogP contribution in [0.4, 0.5) is 0 Å². The van der Waals surface area contributed by atoms with Crippen LogP contribution in [0.15, 0.2) is 0 Å². The molecule has 0 saturated carbocycles. The molecule has 0 heterocycles. The Morgan fingerprint density at radius 3 is 0.625 bits per heavy atom. The zero-order chi connectivity index (χ0) is 6.00. The SMILES string of the molecule is Br.[CH2-]C.[CH2-]C.[CH2-]C.[Hf]. The molecule has 2 heteroatoms. The second kappa shape index (κ2) is 247. The number of hydrogen-bond acceptors (Lipinski definition) is 0. The van der Waals surface area contributed by atoms with Gasteiger partial charge in [-0.1, -0.05) is 0 Å². The summed E-state index contributed by atoms with van der Waals surface area (Å²) in [5.41, 5.74) is 0. The van der Waals surface area contributed by atoms with E-state index in [1.165, 1.54) is 0 Å². The van der Waals surface area contributed by atoms with Crippen molar-refractivity contribution in [3.63, 3.8) is 0 Å². The topological polar surface area (TPSA) is 0 Å². The van der Waals surface area contributed by atoms with Gasteiger partial charge in [0, 0.05) is 25.8 Å². The number of halogens is 1. The van der Waals surface area contributed by atoms with E-state index in [0.717, 1.165) is 0 Å². The van der Waals surface area contributed by atoms with Gasteiger partial charge in [-0.3, -0.25) is 0 Å². The van der Waals surface area contributed by atoms with Gasteiger partial charge in [0.2, 0.25) is 0 Å². The van der Waals surface area contributed by atoms with Crippen molar-refractivity contribution in [2.24, 2.45) is 0 Å². The van der Waals surface area contributed by atoms with Crippen molar-refractivity contribution in [3.05, 3.63) is 20.8 Å². The zero-order valence-electron chi connectivity index (χ0n) is 6.03. The zero-order valence-corrected chi connectivity index (χ0v) is 11.3. The molecule has 0 amide bonds. The summed E-state index contributed by atoms with van der Waals surface area (Å²) in [6, 6.07) is 0. The predicted octanol–water partition coefficient (Wildman–Crippen LogP) is 3.10. The molecular weight excluding hydrogens is 330 g/mol. The van der Waals surface area contributed by atoms with E-state index in [1.54, 1.807) is 20.8 Å². The second-order valence-corrected chi connectivity index (χ2v) is 0. The van der Waals surface area contributed by atoms with Crippen LogP contribution in [0.1, 0.15) is 20.8 Å². The maximum Gasteiger partial charge on any atom is 0 e. The Morgan fingerprint density at radius 1 is 0.625 bits per heavy atom. The molecule has 0 spiro atoms. The molecule has 0 aromatic rings. The van der Waals surface area contributed by atoms with Crippen LogP contribution in [0.5, 0.6) is 0 Å². The fraction of sp³-hybridized carbons (Fsp3) is 0.500. The van der Waals surface area contributed by atoms with Crippen LogP contribution < -0.4 is 0 Å². The predicted molar refractivity (Wildman–Crippen MR) is 43.4 cm³/mol. The summed E-state index contributed by atoms with van der Waals surface area (Å²) in [5, 5.41) is 0. The van der Waals surface area contributed by atoms with Gasteiger partial charge in [-0.2, -0.15) is 20.8 Å². The molecule has 0 N–H and O–H groups in total. The molecule has 0 atom stereocenters. The van der Waals surface area contributed by atoms with Crippen LogP contribution in [-0.2, 0) is 25.8 Å². The van der Waals surface area contributed by atoms with Crippen molar-refractivity contribution < 1.29 is 25.8 Å². The second-order valence-electron chi connectivity index (χ2n) is 0. The monoisotopic (exact) mass is 347 g/mol. The van der Waals surface area contributed by atoms with Crippen molar-refractivity contribution in [3.8, 4) is 0 Å². The minimum atomic E-state index is 0. The van der Waals surface area contributed by atoms with E-state index < -0.39 is 0 Å². The van der Waals surface area contributed by atoms with Crippen LogP contribution in [0.2, 0.25) is 0 Å². The number of hydrogen-bond donors (Lipinski definition) is 0. The molecule has 0 aromatic carbocycles. The van der Waals surface area contributed by atoms with E-state index in [0.29, 0.717) is 0 Å². The van der Waals surface area contributed by atoms with E-state index in [9.17, 15) is 0 Å². The average molecular weight is 347 g/mol. The third kappa shape index (κ3) is 163. The molecule has 0 aliphatic rings.